The molecule has 0 heterocycles. The van der Waals surface area contributed by atoms with Gasteiger partial charge in [0.05, 0.1) is 0 Å². The molecule has 1 nitrogen and oxygen atoms in total. The minimum absolute atomic E-state index is 0.188. The molecular weight excluding hydrogens is 220 g/mol. The standard InChI is InChI=1S/C17H22O/c1-5-8-14(6-2)12-16-10-7-9-15(17(16)18)11-13(3)4/h5-6,8,11-12H,3,7,9-10H2,1-2,4H3/b8-5-,14-6+,15-11+,16-12+. The van der Waals surface area contributed by atoms with Gasteiger partial charge in [-0.1, -0.05) is 36.5 Å². The van der Waals surface area contributed by atoms with Gasteiger partial charge >= 0.3 is 0 Å². The second kappa shape index (κ2) is 6.95. The zero-order chi connectivity index (χ0) is 13.5. The highest BCUT2D eigenvalue weighted by atomic mass is 16.1. The average molecular weight is 242 g/mol. The van der Waals surface area contributed by atoms with Crippen molar-refractivity contribution >= 4 is 5.78 Å². The van der Waals surface area contributed by atoms with E-state index in [1.165, 1.54) is 0 Å². The lowest BCUT2D eigenvalue weighted by Gasteiger charge is -2.16. The molecule has 18 heavy (non-hydrogen) atoms. The van der Waals surface area contributed by atoms with Crippen molar-refractivity contribution in [3.8, 4) is 0 Å². The highest BCUT2D eigenvalue weighted by molar-refractivity contribution is 6.09. The van der Waals surface area contributed by atoms with E-state index in [1.807, 2.05) is 51.2 Å². The van der Waals surface area contributed by atoms with Crippen LogP contribution in [0.15, 0.2) is 59.3 Å². The first kappa shape index (κ1) is 14.4. The van der Waals surface area contributed by atoms with Gasteiger partial charge < -0.3 is 0 Å². The van der Waals surface area contributed by atoms with E-state index in [0.717, 1.165) is 41.6 Å². The molecule has 1 heteroatoms. The topological polar surface area (TPSA) is 17.1 Å². The Kier molecular flexibility index (Phi) is 5.57. The molecular formula is C17H22O. The summed E-state index contributed by atoms with van der Waals surface area (Å²) >= 11 is 0. The fraction of sp³-hybridized carbons (Fsp3) is 0.353. The minimum Gasteiger partial charge on any atom is -0.289 e. The molecule has 0 saturated heterocycles. The van der Waals surface area contributed by atoms with Crippen LogP contribution >= 0.6 is 0 Å². The number of hydrogen-bond donors (Lipinski definition) is 0. The summed E-state index contributed by atoms with van der Waals surface area (Å²) in [5.74, 6) is 0.188. The highest BCUT2D eigenvalue weighted by Gasteiger charge is 2.20. The number of allylic oxidation sites excluding steroid dienone is 9. The van der Waals surface area contributed by atoms with Gasteiger partial charge in [-0.15, -0.1) is 0 Å². The van der Waals surface area contributed by atoms with Crippen LogP contribution in [0, 0.1) is 0 Å². The molecule has 0 aromatic carbocycles. The number of hydrogen-bond acceptors (Lipinski definition) is 1. The zero-order valence-corrected chi connectivity index (χ0v) is 11.6. The zero-order valence-electron chi connectivity index (χ0n) is 11.6. The quantitative estimate of drug-likeness (QED) is 0.518. The van der Waals surface area contributed by atoms with Crippen molar-refractivity contribution in [3.05, 3.63) is 59.3 Å². The van der Waals surface area contributed by atoms with Gasteiger partial charge in [0.15, 0.2) is 5.78 Å². The Morgan fingerprint density at radius 1 is 1.17 bits per heavy atom. The largest absolute Gasteiger partial charge is 0.289 e. The van der Waals surface area contributed by atoms with E-state index in [-0.39, 0.29) is 5.78 Å². The second-order valence-electron chi connectivity index (χ2n) is 4.66. The van der Waals surface area contributed by atoms with E-state index in [0.29, 0.717) is 0 Å². The third kappa shape index (κ3) is 3.99. The maximum Gasteiger partial charge on any atom is 0.185 e. The number of rotatable bonds is 3. The Hall–Kier alpha value is -1.63. The molecule has 1 fully saturated rings. The molecule has 0 unspecified atom stereocenters. The molecule has 0 aromatic rings. The van der Waals surface area contributed by atoms with E-state index < -0.39 is 0 Å². The van der Waals surface area contributed by atoms with Crippen LogP contribution in [0.2, 0.25) is 0 Å². The molecule has 96 valence electrons. The summed E-state index contributed by atoms with van der Waals surface area (Å²) in [7, 11) is 0. The second-order valence-corrected chi connectivity index (χ2v) is 4.66. The van der Waals surface area contributed by atoms with Crippen LogP contribution in [-0.4, -0.2) is 5.78 Å². The number of ketones is 1. The molecule has 1 saturated carbocycles. The van der Waals surface area contributed by atoms with Gasteiger partial charge in [-0.25, -0.2) is 0 Å². The van der Waals surface area contributed by atoms with Crippen LogP contribution in [0.4, 0.5) is 0 Å². The first-order valence-corrected chi connectivity index (χ1v) is 6.48. The van der Waals surface area contributed by atoms with Crippen molar-refractivity contribution in [2.75, 3.05) is 0 Å². The maximum atomic E-state index is 12.3. The molecule has 1 rings (SSSR count). The molecule has 0 bridgehead atoms. The summed E-state index contributed by atoms with van der Waals surface area (Å²) in [6.45, 7) is 9.74. The first-order valence-electron chi connectivity index (χ1n) is 6.48. The van der Waals surface area contributed by atoms with E-state index >= 15 is 0 Å². The van der Waals surface area contributed by atoms with Gasteiger partial charge in [-0.3, -0.25) is 4.79 Å². The highest BCUT2D eigenvalue weighted by Crippen LogP contribution is 2.26. The molecule has 1 aliphatic rings. The van der Waals surface area contributed by atoms with Crippen LogP contribution in [-0.2, 0) is 4.79 Å². The van der Waals surface area contributed by atoms with Crippen LogP contribution in [0.25, 0.3) is 0 Å². The predicted molar refractivity (Wildman–Crippen MR) is 78.4 cm³/mol. The monoisotopic (exact) mass is 242 g/mol. The smallest absolute Gasteiger partial charge is 0.185 e. The minimum atomic E-state index is 0.188. The fourth-order valence-electron chi connectivity index (χ4n) is 2.10. The van der Waals surface area contributed by atoms with Gasteiger partial charge in [0.2, 0.25) is 0 Å². The maximum absolute atomic E-state index is 12.3. The Morgan fingerprint density at radius 3 is 2.28 bits per heavy atom. The van der Waals surface area contributed by atoms with E-state index in [9.17, 15) is 4.79 Å². The van der Waals surface area contributed by atoms with Gasteiger partial charge in [0.25, 0.3) is 0 Å². The van der Waals surface area contributed by atoms with Crippen molar-refractivity contribution in [1.82, 2.24) is 0 Å². The predicted octanol–water partition coefficient (Wildman–Crippen LogP) is 4.69. The van der Waals surface area contributed by atoms with Crippen LogP contribution in [0.3, 0.4) is 0 Å². The van der Waals surface area contributed by atoms with Gasteiger partial charge in [0, 0.05) is 5.57 Å². The van der Waals surface area contributed by atoms with Crippen molar-refractivity contribution < 1.29 is 4.79 Å². The Balaban J connectivity index is 3.00. The molecule has 0 aromatic heterocycles. The van der Waals surface area contributed by atoms with Crippen molar-refractivity contribution in [2.24, 2.45) is 0 Å². The lowest BCUT2D eigenvalue weighted by atomic mass is 9.87. The number of carbonyl (C=O) groups is 1. The SMILES string of the molecule is C=C(C)/C=C1\CCC\C(=C/C(/C=C\C)=C/C)C1=O. The summed E-state index contributed by atoms with van der Waals surface area (Å²) in [6.07, 6.45) is 12.8. The third-order valence-electron chi connectivity index (χ3n) is 2.93. The van der Waals surface area contributed by atoms with Gasteiger partial charge in [-0.05, 0) is 57.3 Å². The molecule has 0 radical (unpaired) electrons. The van der Waals surface area contributed by atoms with E-state index in [4.69, 9.17) is 0 Å². The summed E-state index contributed by atoms with van der Waals surface area (Å²) in [6, 6.07) is 0. The van der Waals surface area contributed by atoms with Gasteiger partial charge in [-0.2, -0.15) is 0 Å². The van der Waals surface area contributed by atoms with Gasteiger partial charge in [0.1, 0.15) is 0 Å². The summed E-state index contributed by atoms with van der Waals surface area (Å²) in [4.78, 5) is 12.3. The molecule has 0 amide bonds. The molecule has 0 aliphatic heterocycles. The molecule has 0 spiro atoms. The molecule has 0 atom stereocenters. The average Bonchev–Trinajstić information content (AvgIpc) is 2.32. The van der Waals surface area contributed by atoms with E-state index in [1.54, 1.807) is 0 Å². The number of carbonyl (C=O) groups excluding carboxylic acids is 1. The molecule has 0 N–H and O–H groups in total. The fourth-order valence-corrected chi connectivity index (χ4v) is 2.10. The van der Waals surface area contributed by atoms with Crippen LogP contribution in [0.1, 0.15) is 40.0 Å². The summed E-state index contributed by atoms with van der Waals surface area (Å²) in [5.41, 5.74) is 3.85. The van der Waals surface area contributed by atoms with Crippen LogP contribution < -0.4 is 0 Å². The van der Waals surface area contributed by atoms with Crippen molar-refractivity contribution in [1.29, 1.82) is 0 Å². The lowest BCUT2D eigenvalue weighted by Crippen LogP contribution is -2.12. The summed E-state index contributed by atoms with van der Waals surface area (Å²) in [5, 5.41) is 0. The van der Waals surface area contributed by atoms with E-state index in [2.05, 4.69) is 6.58 Å². The normalized spacial score (nSPS) is 22.2. The Labute approximate surface area is 110 Å². The molecule has 1 aliphatic carbocycles. The third-order valence-corrected chi connectivity index (χ3v) is 2.93. The van der Waals surface area contributed by atoms with Crippen LogP contribution in [0.5, 0.6) is 0 Å². The Bertz CT molecular complexity index is 456. The number of Topliss-reactive ketones (excluding diaryl/α,β-unsaturated/α-hetero) is 1. The van der Waals surface area contributed by atoms with Crippen molar-refractivity contribution in [2.45, 2.75) is 40.0 Å². The van der Waals surface area contributed by atoms with Crippen molar-refractivity contribution in [3.63, 3.8) is 0 Å². The summed E-state index contributed by atoms with van der Waals surface area (Å²) < 4.78 is 0. The lowest BCUT2D eigenvalue weighted by molar-refractivity contribution is -0.113. The first-order chi connectivity index (χ1) is 8.58. The Morgan fingerprint density at radius 2 is 1.78 bits per heavy atom.